The Morgan fingerprint density at radius 3 is 1.89 bits per heavy atom. The van der Waals surface area contributed by atoms with E-state index in [0.717, 1.165) is 30.2 Å². The quantitative estimate of drug-likeness (QED) is 0.455. The summed E-state index contributed by atoms with van der Waals surface area (Å²) in [6.07, 6.45) is 10.1. The van der Waals surface area contributed by atoms with Gasteiger partial charge in [-0.2, -0.15) is 0 Å². The molecule has 2 fully saturated rings. The minimum Gasteiger partial charge on any atom is -0.406 e. The minimum absolute atomic E-state index is 0.138. The largest absolute Gasteiger partial charge is 0.573 e. The molecule has 1 aromatic carbocycles. The minimum atomic E-state index is -4.63. The van der Waals surface area contributed by atoms with Crippen LogP contribution in [0.25, 0.3) is 0 Å². The average molecular weight is 415 g/mol. The molecule has 5 heteroatoms. The van der Waals surface area contributed by atoms with Gasteiger partial charge in [-0.25, -0.2) is 0 Å². The highest BCUT2D eigenvalue weighted by Crippen LogP contribution is 2.40. The van der Waals surface area contributed by atoms with E-state index in [-0.39, 0.29) is 5.75 Å². The van der Waals surface area contributed by atoms with Crippen molar-refractivity contribution < 1.29 is 17.9 Å². The number of benzene rings is 1. The van der Waals surface area contributed by atoms with Crippen LogP contribution in [-0.2, 0) is 0 Å². The first-order chi connectivity index (χ1) is 13.4. The van der Waals surface area contributed by atoms with Gasteiger partial charge >= 0.3 is 6.36 Å². The highest BCUT2D eigenvalue weighted by Gasteiger charge is 2.31. The molecule has 2 saturated carbocycles. The third-order valence-electron chi connectivity index (χ3n) is 6.65. The van der Waals surface area contributed by atoms with Crippen molar-refractivity contribution in [2.45, 2.75) is 76.5 Å². The third kappa shape index (κ3) is 6.72. The van der Waals surface area contributed by atoms with Crippen molar-refractivity contribution in [1.29, 1.82) is 0 Å². The van der Waals surface area contributed by atoms with Crippen LogP contribution in [0.5, 0.6) is 5.75 Å². The summed E-state index contributed by atoms with van der Waals surface area (Å²) in [5.74, 6) is 2.69. The summed E-state index contributed by atoms with van der Waals surface area (Å²) in [6.45, 7) is 0. The lowest BCUT2D eigenvalue weighted by atomic mass is 9.74. The fourth-order valence-corrected chi connectivity index (χ4v) is 5.18. The number of rotatable bonds is 6. The number of hydrogen-bond donors (Lipinski definition) is 0. The van der Waals surface area contributed by atoms with Gasteiger partial charge in [-0.05, 0) is 92.7 Å². The Morgan fingerprint density at radius 1 is 0.857 bits per heavy atom. The van der Waals surface area contributed by atoms with Crippen LogP contribution in [0.3, 0.4) is 0 Å². The van der Waals surface area contributed by atoms with E-state index in [9.17, 15) is 13.2 Å². The van der Waals surface area contributed by atoms with E-state index >= 15 is 0 Å². The molecule has 1 nitrogen and oxygen atoms in total. The molecule has 0 heterocycles. The van der Waals surface area contributed by atoms with Crippen LogP contribution >= 0.6 is 11.6 Å². The fourth-order valence-electron chi connectivity index (χ4n) is 4.97. The van der Waals surface area contributed by atoms with Gasteiger partial charge in [0.2, 0.25) is 0 Å². The summed E-state index contributed by atoms with van der Waals surface area (Å²) in [6, 6.07) is 6.45. The SMILES string of the molecule is FC(F)(F)Oc1ccc(C2CCC(CCC3CCC(/C=C/Cl)CC3)CC2)cc1. The van der Waals surface area contributed by atoms with Gasteiger partial charge < -0.3 is 4.74 Å². The predicted octanol–water partition coefficient (Wildman–Crippen LogP) is 8.20. The van der Waals surface area contributed by atoms with Gasteiger partial charge in [0.1, 0.15) is 5.75 Å². The topological polar surface area (TPSA) is 9.23 Å². The second kappa shape index (κ2) is 10.0. The summed E-state index contributed by atoms with van der Waals surface area (Å²) in [5.41, 5.74) is 2.80. The number of allylic oxidation sites excluding steroid dienone is 1. The van der Waals surface area contributed by atoms with Gasteiger partial charge in [-0.15, -0.1) is 13.2 Å². The Morgan fingerprint density at radius 2 is 1.39 bits per heavy atom. The maximum absolute atomic E-state index is 12.3. The van der Waals surface area contributed by atoms with E-state index in [1.165, 1.54) is 63.5 Å². The molecule has 28 heavy (non-hydrogen) atoms. The van der Waals surface area contributed by atoms with Crippen LogP contribution in [0, 0.1) is 17.8 Å². The van der Waals surface area contributed by atoms with Gasteiger partial charge in [0.15, 0.2) is 0 Å². The maximum atomic E-state index is 12.3. The van der Waals surface area contributed by atoms with Gasteiger partial charge in [-0.3, -0.25) is 0 Å². The molecule has 0 spiro atoms. The average Bonchev–Trinajstić information content (AvgIpc) is 2.68. The Balaban J connectivity index is 1.38. The second-order valence-electron chi connectivity index (χ2n) is 8.51. The number of ether oxygens (including phenoxy) is 1. The highest BCUT2D eigenvalue weighted by atomic mass is 35.5. The van der Waals surface area contributed by atoms with E-state index in [1.54, 1.807) is 17.7 Å². The molecule has 0 radical (unpaired) electrons. The number of alkyl halides is 3. The Hall–Kier alpha value is -1.16. The molecule has 156 valence electrons. The molecule has 1 aromatic rings. The van der Waals surface area contributed by atoms with Gasteiger partial charge in [0.05, 0.1) is 0 Å². The summed E-state index contributed by atoms with van der Waals surface area (Å²) in [5, 5.41) is 0. The van der Waals surface area contributed by atoms with Gasteiger partial charge in [0, 0.05) is 5.54 Å². The highest BCUT2D eigenvalue weighted by molar-refractivity contribution is 6.25. The second-order valence-corrected chi connectivity index (χ2v) is 8.76. The van der Waals surface area contributed by atoms with Crippen LogP contribution in [0.4, 0.5) is 13.2 Å². The summed E-state index contributed by atoms with van der Waals surface area (Å²) in [4.78, 5) is 0. The van der Waals surface area contributed by atoms with Crippen molar-refractivity contribution in [2.75, 3.05) is 0 Å². The molecular weight excluding hydrogens is 385 g/mol. The standard InChI is InChI=1S/C23H30ClF3O/c24-16-15-19-5-3-17(4-6-19)1-2-18-7-9-20(10-8-18)21-11-13-22(14-12-21)28-23(25,26)27/h11-20H,1-10H2/b16-15+. The fraction of sp³-hybridized carbons (Fsp3) is 0.652. The molecule has 0 amide bonds. The molecule has 2 aliphatic rings. The van der Waals surface area contributed by atoms with Crippen LogP contribution in [-0.4, -0.2) is 6.36 Å². The molecule has 0 aromatic heterocycles. The summed E-state index contributed by atoms with van der Waals surface area (Å²) in [7, 11) is 0. The molecule has 0 aliphatic heterocycles. The zero-order valence-corrected chi connectivity index (χ0v) is 17.0. The number of hydrogen-bond acceptors (Lipinski definition) is 1. The maximum Gasteiger partial charge on any atom is 0.573 e. The molecule has 0 bridgehead atoms. The molecule has 2 aliphatic carbocycles. The first kappa shape index (κ1) is 21.5. The third-order valence-corrected chi connectivity index (χ3v) is 6.80. The van der Waals surface area contributed by atoms with Gasteiger partial charge in [-0.1, -0.05) is 42.7 Å². The monoisotopic (exact) mass is 414 g/mol. The first-order valence-electron chi connectivity index (χ1n) is 10.6. The normalized spacial score (nSPS) is 29.1. The molecule has 0 N–H and O–H groups in total. The molecule has 0 atom stereocenters. The summed E-state index contributed by atoms with van der Waals surface area (Å²) < 4.78 is 40.8. The molecule has 0 unspecified atom stereocenters. The van der Waals surface area contributed by atoms with Crippen molar-refractivity contribution in [1.82, 2.24) is 0 Å². The van der Waals surface area contributed by atoms with Crippen LogP contribution in [0.1, 0.15) is 75.7 Å². The van der Waals surface area contributed by atoms with Crippen molar-refractivity contribution in [3.8, 4) is 5.75 Å². The zero-order valence-electron chi connectivity index (χ0n) is 16.3. The van der Waals surface area contributed by atoms with Crippen molar-refractivity contribution in [2.24, 2.45) is 17.8 Å². The Kier molecular flexibility index (Phi) is 7.73. The lowest BCUT2D eigenvalue weighted by Crippen LogP contribution is -2.18. The van der Waals surface area contributed by atoms with Crippen molar-refractivity contribution in [3.05, 3.63) is 41.4 Å². The molecule has 3 rings (SSSR count). The van der Waals surface area contributed by atoms with E-state index in [0.29, 0.717) is 11.8 Å². The van der Waals surface area contributed by atoms with E-state index in [2.05, 4.69) is 10.8 Å². The first-order valence-corrected chi connectivity index (χ1v) is 11.0. The zero-order chi connectivity index (χ0) is 20.0. The Bertz CT molecular complexity index is 610. The molecular formula is C23H30ClF3O. The predicted molar refractivity (Wildman–Crippen MR) is 107 cm³/mol. The van der Waals surface area contributed by atoms with Crippen LogP contribution < -0.4 is 4.74 Å². The van der Waals surface area contributed by atoms with Crippen LogP contribution in [0.2, 0.25) is 0 Å². The Labute approximate surface area is 171 Å². The lowest BCUT2D eigenvalue weighted by Gasteiger charge is -2.31. The van der Waals surface area contributed by atoms with E-state index in [4.69, 9.17) is 11.6 Å². The van der Waals surface area contributed by atoms with Crippen molar-refractivity contribution in [3.63, 3.8) is 0 Å². The van der Waals surface area contributed by atoms with E-state index < -0.39 is 6.36 Å². The molecule has 0 saturated heterocycles. The van der Waals surface area contributed by atoms with E-state index in [1.807, 2.05) is 0 Å². The smallest absolute Gasteiger partial charge is 0.406 e. The summed E-state index contributed by atoms with van der Waals surface area (Å²) >= 11 is 5.69. The lowest BCUT2D eigenvalue weighted by molar-refractivity contribution is -0.274. The van der Waals surface area contributed by atoms with Crippen molar-refractivity contribution >= 4 is 11.6 Å². The van der Waals surface area contributed by atoms with Gasteiger partial charge in [0.25, 0.3) is 0 Å². The number of halogens is 4. The van der Waals surface area contributed by atoms with Crippen LogP contribution in [0.15, 0.2) is 35.9 Å².